The number of thiocarbonyl (C=S) groups is 1. The third-order valence-electron chi connectivity index (χ3n) is 5.25. The van der Waals surface area contributed by atoms with E-state index in [0.717, 1.165) is 28.6 Å². The summed E-state index contributed by atoms with van der Waals surface area (Å²) >= 11 is 9.29. The Kier molecular flexibility index (Phi) is 5.61. The van der Waals surface area contributed by atoms with Gasteiger partial charge in [-0.2, -0.15) is 0 Å². The van der Waals surface area contributed by atoms with E-state index in [4.69, 9.17) is 17.0 Å². The number of carbonyl (C=O) groups is 1. The Balaban J connectivity index is 1.77. The molecule has 1 aliphatic heterocycles. The van der Waals surface area contributed by atoms with E-state index in [0.29, 0.717) is 28.2 Å². The number of benzene rings is 2. The molecule has 4 rings (SSSR count). The number of para-hydroxylation sites is 2. The second kappa shape index (κ2) is 8.16. The standard InChI is InChI=1S/C22H22BrN3O2S/c1-13-19(21(27)24-17-9-5-6-10-18(17)28-2)20(15-7-3-4-8-16(15)23)25-22(29)26(13)14-11-12-14/h3-10,14,20H,11-12H2,1-2H3,(H,24,27)(H,25,29). The van der Waals surface area contributed by atoms with Crippen LogP contribution in [-0.4, -0.2) is 29.1 Å². The van der Waals surface area contributed by atoms with Gasteiger partial charge in [-0.15, -0.1) is 0 Å². The van der Waals surface area contributed by atoms with Gasteiger partial charge in [0, 0.05) is 16.2 Å². The summed E-state index contributed by atoms with van der Waals surface area (Å²) < 4.78 is 6.32. The molecular formula is C22H22BrN3O2S. The second-order valence-corrected chi connectivity index (χ2v) is 8.40. The van der Waals surface area contributed by atoms with Crippen molar-refractivity contribution in [3.8, 4) is 5.75 Å². The molecule has 2 aromatic carbocycles. The fourth-order valence-electron chi connectivity index (χ4n) is 3.70. The molecule has 2 N–H and O–H groups in total. The fourth-order valence-corrected chi connectivity index (χ4v) is 4.62. The minimum absolute atomic E-state index is 0.173. The highest BCUT2D eigenvalue weighted by Crippen LogP contribution is 2.39. The lowest BCUT2D eigenvalue weighted by atomic mass is 9.94. The molecule has 0 saturated heterocycles. The van der Waals surface area contributed by atoms with Gasteiger partial charge >= 0.3 is 0 Å². The molecule has 0 spiro atoms. The van der Waals surface area contributed by atoms with Crippen LogP contribution in [0.5, 0.6) is 5.75 Å². The Hall–Kier alpha value is -2.38. The summed E-state index contributed by atoms with van der Waals surface area (Å²) in [4.78, 5) is 15.6. The number of anilines is 1. The van der Waals surface area contributed by atoms with Crippen molar-refractivity contribution in [3.63, 3.8) is 0 Å². The molecule has 0 aromatic heterocycles. The highest BCUT2D eigenvalue weighted by atomic mass is 79.9. The summed E-state index contributed by atoms with van der Waals surface area (Å²) in [7, 11) is 1.59. The van der Waals surface area contributed by atoms with Gasteiger partial charge in [-0.3, -0.25) is 4.79 Å². The predicted octanol–water partition coefficient (Wildman–Crippen LogP) is 4.76. The topological polar surface area (TPSA) is 53.6 Å². The third kappa shape index (κ3) is 3.89. The van der Waals surface area contributed by atoms with E-state index in [1.165, 1.54) is 0 Å². The predicted molar refractivity (Wildman–Crippen MR) is 122 cm³/mol. The van der Waals surface area contributed by atoms with Crippen LogP contribution in [0.15, 0.2) is 64.3 Å². The van der Waals surface area contributed by atoms with Crippen LogP contribution in [0.1, 0.15) is 31.4 Å². The van der Waals surface area contributed by atoms with Crippen LogP contribution in [0, 0.1) is 0 Å². The van der Waals surface area contributed by atoms with Crippen LogP contribution in [0.2, 0.25) is 0 Å². The average molecular weight is 472 g/mol. The van der Waals surface area contributed by atoms with Gasteiger partial charge in [-0.25, -0.2) is 0 Å². The first kappa shape index (κ1) is 19.9. The Bertz CT molecular complexity index is 1000. The molecule has 2 aromatic rings. The normalized spacial score (nSPS) is 19.1. The summed E-state index contributed by atoms with van der Waals surface area (Å²) in [6, 6.07) is 15.3. The van der Waals surface area contributed by atoms with Crippen molar-refractivity contribution in [2.45, 2.75) is 31.8 Å². The Morgan fingerprint density at radius 3 is 2.59 bits per heavy atom. The maximum Gasteiger partial charge on any atom is 0.255 e. The smallest absolute Gasteiger partial charge is 0.255 e. The minimum atomic E-state index is -0.345. The third-order valence-corrected chi connectivity index (χ3v) is 6.29. The van der Waals surface area contributed by atoms with Crippen molar-refractivity contribution in [2.24, 2.45) is 0 Å². The molecule has 7 heteroatoms. The van der Waals surface area contributed by atoms with Crippen LogP contribution in [-0.2, 0) is 4.79 Å². The van der Waals surface area contributed by atoms with Crippen LogP contribution in [0.4, 0.5) is 5.69 Å². The molecule has 1 amide bonds. The maximum absolute atomic E-state index is 13.5. The summed E-state index contributed by atoms with van der Waals surface area (Å²) in [5.74, 6) is 0.447. The summed E-state index contributed by atoms with van der Waals surface area (Å²) in [6.07, 6.45) is 2.17. The number of ether oxygens (including phenoxy) is 1. The van der Waals surface area contributed by atoms with Gasteiger partial charge in [0.05, 0.1) is 24.4 Å². The molecule has 0 bridgehead atoms. The van der Waals surface area contributed by atoms with Gasteiger partial charge in [0.15, 0.2) is 5.11 Å². The van der Waals surface area contributed by atoms with Crippen LogP contribution in [0.25, 0.3) is 0 Å². The monoisotopic (exact) mass is 471 g/mol. The van der Waals surface area contributed by atoms with E-state index in [2.05, 4.69) is 31.5 Å². The molecule has 2 aliphatic rings. The fraction of sp³-hybridized carbons (Fsp3) is 0.273. The van der Waals surface area contributed by atoms with Crippen molar-refractivity contribution in [1.29, 1.82) is 0 Å². The van der Waals surface area contributed by atoms with Crippen LogP contribution in [0.3, 0.4) is 0 Å². The molecule has 1 fully saturated rings. The van der Waals surface area contributed by atoms with E-state index < -0.39 is 0 Å². The lowest BCUT2D eigenvalue weighted by molar-refractivity contribution is -0.113. The number of amides is 1. The van der Waals surface area contributed by atoms with E-state index in [9.17, 15) is 4.79 Å². The molecule has 0 radical (unpaired) electrons. The number of allylic oxidation sites excluding steroid dienone is 1. The summed E-state index contributed by atoms with van der Waals surface area (Å²) in [5.41, 5.74) is 3.15. The van der Waals surface area contributed by atoms with Gasteiger partial charge in [0.25, 0.3) is 5.91 Å². The number of carbonyl (C=O) groups excluding carboxylic acids is 1. The zero-order valence-electron chi connectivity index (χ0n) is 16.2. The quantitative estimate of drug-likeness (QED) is 0.615. The van der Waals surface area contributed by atoms with E-state index >= 15 is 0 Å². The number of hydrogen-bond acceptors (Lipinski definition) is 3. The first-order valence-electron chi connectivity index (χ1n) is 9.50. The Labute approximate surface area is 184 Å². The molecule has 150 valence electrons. The summed E-state index contributed by atoms with van der Waals surface area (Å²) in [5, 5.41) is 7.09. The van der Waals surface area contributed by atoms with Gasteiger partial charge in [-0.1, -0.05) is 46.3 Å². The Morgan fingerprint density at radius 2 is 1.90 bits per heavy atom. The first-order chi connectivity index (χ1) is 14.0. The van der Waals surface area contributed by atoms with E-state index in [1.54, 1.807) is 7.11 Å². The molecular weight excluding hydrogens is 450 g/mol. The largest absolute Gasteiger partial charge is 0.495 e. The molecule has 5 nitrogen and oxygen atoms in total. The average Bonchev–Trinajstić information content (AvgIpc) is 3.53. The van der Waals surface area contributed by atoms with Crippen molar-refractivity contribution in [2.75, 3.05) is 12.4 Å². The zero-order chi connectivity index (χ0) is 20.5. The number of rotatable bonds is 5. The Morgan fingerprint density at radius 1 is 1.21 bits per heavy atom. The van der Waals surface area contributed by atoms with Crippen LogP contribution >= 0.6 is 28.1 Å². The second-order valence-electron chi connectivity index (χ2n) is 7.16. The van der Waals surface area contributed by atoms with E-state index in [1.807, 2.05) is 55.5 Å². The maximum atomic E-state index is 13.5. The van der Waals surface area contributed by atoms with Gasteiger partial charge in [-0.05, 0) is 55.7 Å². The SMILES string of the molecule is COc1ccccc1NC(=O)C1=C(C)N(C2CC2)C(=S)NC1c1ccccc1Br. The van der Waals surface area contributed by atoms with Crippen molar-refractivity contribution in [3.05, 3.63) is 69.8 Å². The molecule has 1 aliphatic carbocycles. The van der Waals surface area contributed by atoms with Gasteiger partial charge < -0.3 is 20.3 Å². The number of nitrogens with one attached hydrogen (secondary N) is 2. The summed E-state index contributed by atoms with van der Waals surface area (Å²) in [6.45, 7) is 1.98. The first-order valence-corrected chi connectivity index (χ1v) is 10.7. The van der Waals surface area contributed by atoms with Crippen molar-refractivity contribution in [1.82, 2.24) is 10.2 Å². The van der Waals surface area contributed by atoms with Gasteiger partial charge in [0.2, 0.25) is 0 Å². The number of halogens is 1. The van der Waals surface area contributed by atoms with Crippen molar-refractivity contribution >= 4 is 44.9 Å². The minimum Gasteiger partial charge on any atom is -0.495 e. The number of nitrogens with zero attached hydrogens (tertiary/aromatic N) is 1. The zero-order valence-corrected chi connectivity index (χ0v) is 18.6. The number of hydrogen-bond donors (Lipinski definition) is 2. The lowest BCUT2D eigenvalue weighted by Gasteiger charge is -2.38. The molecule has 1 saturated carbocycles. The number of methoxy groups -OCH3 is 1. The van der Waals surface area contributed by atoms with Crippen LogP contribution < -0.4 is 15.4 Å². The molecule has 1 atom stereocenters. The highest BCUT2D eigenvalue weighted by Gasteiger charge is 2.40. The highest BCUT2D eigenvalue weighted by molar-refractivity contribution is 9.10. The van der Waals surface area contributed by atoms with E-state index in [-0.39, 0.29) is 11.9 Å². The lowest BCUT2D eigenvalue weighted by Crippen LogP contribution is -2.49. The molecule has 29 heavy (non-hydrogen) atoms. The molecule has 1 unspecified atom stereocenters. The van der Waals surface area contributed by atoms with Crippen molar-refractivity contribution < 1.29 is 9.53 Å². The molecule has 1 heterocycles. The van der Waals surface area contributed by atoms with Gasteiger partial charge in [0.1, 0.15) is 5.75 Å².